The lowest BCUT2D eigenvalue weighted by Crippen LogP contribution is -2.39. The highest BCUT2D eigenvalue weighted by atomic mass is 17.2. The topological polar surface area (TPSA) is 85.9 Å². The van der Waals surface area contributed by atoms with Crippen molar-refractivity contribution in [2.45, 2.75) is 70.6 Å². The smallest absolute Gasteiger partial charge is 0.407 e. The second-order valence-electron chi connectivity index (χ2n) is 7.04. The summed E-state index contributed by atoms with van der Waals surface area (Å²) in [5.41, 5.74) is 0.934. The Bertz CT molecular complexity index is 581. The van der Waals surface area contributed by atoms with Gasteiger partial charge in [-0.05, 0) is 44.6 Å². The molecule has 2 atom stereocenters. The summed E-state index contributed by atoms with van der Waals surface area (Å²) in [6.45, 7) is 2.76. The van der Waals surface area contributed by atoms with Gasteiger partial charge in [-0.1, -0.05) is 36.8 Å². The summed E-state index contributed by atoms with van der Waals surface area (Å²) in [6, 6.07) is 9.54. The first-order valence-electron chi connectivity index (χ1n) is 10.2. The van der Waals surface area contributed by atoms with Crippen molar-refractivity contribution in [2.24, 2.45) is 0 Å². The number of benzene rings is 1. The molecule has 2 N–H and O–H groups in total. The van der Waals surface area contributed by atoms with Crippen molar-refractivity contribution in [1.29, 1.82) is 0 Å². The van der Waals surface area contributed by atoms with E-state index in [0.717, 1.165) is 44.1 Å². The SMILES string of the molecule is CCOOCC(CCCC1CCCCC(=O)N1)NC(=O)OCc1ccccc1. The summed E-state index contributed by atoms with van der Waals surface area (Å²) in [5.74, 6) is 0.140. The zero-order valence-corrected chi connectivity index (χ0v) is 16.7. The summed E-state index contributed by atoms with van der Waals surface area (Å²) in [5, 5.41) is 5.93. The second kappa shape index (κ2) is 13.1. The molecule has 0 saturated carbocycles. The number of carbonyl (C=O) groups excluding carboxylic acids is 2. The highest BCUT2D eigenvalue weighted by molar-refractivity contribution is 5.76. The maximum Gasteiger partial charge on any atom is 0.407 e. The van der Waals surface area contributed by atoms with Crippen LogP contribution in [0.15, 0.2) is 30.3 Å². The van der Waals surface area contributed by atoms with Gasteiger partial charge in [0.05, 0.1) is 12.6 Å². The van der Waals surface area contributed by atoms with Gasteiger partial charge in [-0.25, -0.2) is 14.6 Å². The van der Waals surface area contributed by atoms with Gasteiger partial charge in [0.2, 0.25) is 5.91 Å². The predicted octanol–water partition coefficient (Wildman–Crippen LogP) is 3.48. The Morgan fingerprint density at radius 1 is 1.25 bits per heavy atom. The van der Waals surface area contributed by atoms with E-state index in [1.165, 1.54) is 0 Å². The molecule has 1 aromatic rings. The number of nitrogens with one attached hydrogen (secondary N) is 2. The fraction of sp³-hybridized carbons (Fsp3) is 0.619. The van der Waals surface area contributed by atoms with Gasteiger partial charge in [0, 0.05) is 12.5 Å². The Morgan fingerprint density at radius 3 is 2.86 bits per heavy atom. The largest absolute Gasteiger partial charge is 0.445 e. The minimum absolute atomic E-state index is 0.140. The van der Waals surface area contributed by atoms with Gasteiger partial charge >= 0.3 is 6.09 Å². The van der Waals surface area contributed by atoms with E-state index in [2.05, 4.69) is 10.6 Å². The van der Waals surface area contributed by atoms with Crippen LogP contribution in [0.4, 0.5) is 4.79 Å². The van der Waals surface area contributed by atoms with Gasteiger partial charge < -0.3 is 15.4 Å². The van der Waals surface area contributed by atoms with Gasteiger partial charge in [-0.3, -0.25) is 4.79 Å². The molecule has 28 heavy (non-hydrogen) atoms. The third-order valence-electron chi connectivity index (χ3n) is 4.68. The fourth-order valence-corrected chi connectivity index (χ4v) is 3.22. The van der Waals surface area contributed by atoms with Crippen LogP contribution in [0.1, 0.15) is 57.4 Å². The van der Waals surface area contributed by atoms with Crippen LogP contribution in [0.25, 0.3) is 0 Å². The van der Waals surface area contributed by atoms with Crippen molar-refractivity contribution in [1.82, 2.24) is 10.6 Å². The first-order chi connectivity index (χ1) is 13.7. The average molecular weight is 392 g/mol. The highest BCUT2D eigenvalue weighted by Crippen LogP contribution is 2.15. The van der Waals surface area contributed by atoms with E-state index in [4.69, 9.17) is 14.5 Å². The molecule has 1 fully saturated rings. The highest BCUT2D eigenvalue weighted by Gasteiger charge is 2.18. The molecule has 1 aliphatic heterocycles. The lowest BCUT2D eigenvalue weighted by atomic mass is 10.0. The molecule has 7 heteroatoms. The fourth-order valence-electron chi connectivity index (χ4n) is 3.22. The molecule has 2 unspecified atom stereocenters. The van der Waals surface area contributed by atoms with Gasteiger partial charge in [0.1, 0.15) is 13.2 Å². The molecule has 0 aliphatic carbocycles. The number of hydrogen-bond donors (Lipinski definition) is 2. The standard InChI is InChI=1S/C21H32N2O5/c1-2-27-28-16-19(13-8-12-18-11-6-7-14-20(24)22-18)23-21(25)26-15-17-9-4-3-5-10-17/h3-5,9-10,18-19H,2,6-8,11-16H2,1H3,(H,22,24)(H,23,25). The van der Waals surface area contributed by atoms with E-state index in [0.29, 0.717) is 13.0 Å². The normalized spacial score (nSPS) is 18.0. The zero-order valence-electron chi connectivity index (χ0n) is 16.7. The quantitative estimate of drug-likeness (QED) is 0.342. The first kappa shape index (κ1) is 22.2. The molecule has 2 amide bonds. The van der Waals surface area contributed by atoms with Crippen molar-refractivity contribution in [3.05, 3.63) is 35.9 Å². The summed E-state index contributed by atoms with van der Waals surface area (Å²) in [6.07, 6.45) is 5.67. The average Bonchev–Trinajstić information content (AvgIpc) is 2.91. The maximum absolute atomic E-state index is 12.1. The van der Waals surface area contributed by atoms with E-state index in [-0.39, 0.29) is 31.2 Å². The molecule has 1 heterocycles. The van der Waals surface area contributed by atoms with Crippen molar-refractivity contribution in [3.8, 4) is 0 Å². The molecule has 1 aromatic carbocycles. The van der Waals surface area contributed by atoms with Gasteiger partial charge in [-0.15, -0.1) is 0 Å². The van der Waals surface area contributed by atoms with Crippen LogP contribution in [0.5, 0.6) is 0 Å². The first-order valence-corrected chi connectivity index (χ1v) is 10.2. The predicted molar refractivity (Wildman–Crippen MR) is 105 cm³/mol. The summed E-state index contributed by atoms with van der Waals surface area (Å²) >= 11 is 0. The van der Waals surface area contributed by atoms with E-state index < -0.39 is 6.09 Å². The van der Waals surface area contributed by atoms with Gasteiger partial charge in [0.15, 0.2) is 0 Å². The number of amides is 2. The monoisotopic (exact) mass is 392 g/mol. The van der Waals surface area contributed by atoms with Crippen molar-refractivity contribution < 1.29 is 24.1 Å². The van der Waals surface area contributed by atoms with Crippen molar-refractivity contribution >= 4 is 12.0 Å². The third-order valence-corrected chi connectivity index (χ3v) is 4.68. The van der Waals surface area contributed by atoms with E-state index in [1.807, 2.05) is 37.3 Å². The van der Waals surface area contributed by atoms with E-state index in [1.54, 1.807) is 0 Å². The lowest BCUT2D eigenvalue weighted by Gasteiger charge is -2.20. The van der Waals surface area contributed by atoms with Crippen LogP contribution in [0.2, 0.25) is 0 Å². The van der Waals surface area contributed by atoms with Crippen molar-refractivity contribution in [3.63, 3.8) is 0 Å². The Labute approximate surface area is 167 Å². The number of rotatable bonds is 11. The molecule has 156 valence electrons. The maximum atomic E-state index is 12.1. The van der Waals surface area contributed by atoms with Crippen LogP contribution in [0.3, 0.4) is 0 Å². The molecule has 7 nitrogen and oxygen atoms in total. The van der Waals surface area contributed by atoms with Crippen LogP contribution in [0, 0.1) is 0 Å². The lowest BCUT2D eigenvalue weighted by molar-refractivity contribution is -0.294. The van der Waals surface area contributed by atoms with E-state index >= 15 is 0 Å². The number of ether oxygens (including phenoxy) is 1. The molecule has 0 bridgehead atoms. The molecule has 0 aromatic heterocycles. The Kier molecular flexibility index (Phi) is 10.4. The van der Waals surface area contributed by atoms with E-state index in [9.17, 15) is 9.59 Å². The molecular weight excluding hydrogens is 360 g/mol. The second-order valence-corrected chi connectivity index (χ2v) is 7.04. The number of carbonyl (C=O) groups is 2. The Morgan fingerprint density at radius 2 is 2.07 bits per heavy atom. The van der Waals surface area contributed by atoms with Crippen LogP contribution in [-0.4, -0.2) is 37.3 Å². The van der Waals surface area contributed by atoms with Gasteiger partial charge in [0.25, 0.3) is 0 Å². The van der Waals surface area contributed by atoms with Crippen LogP contribution < -0.4 is 10.6 Å². The van der Waals surface area contributed by atoms with Crippen LogP contribution >= 0.6 is 0 Å². The molecule has 2 rings (SSSR count). The van der Waals surface area contributed by atoms with Crippen molar-refractivity contribution in [2.75, 3.05) is 13.2 Å². The molecule has 1 saturated heterocycles. The molecular formula is C21H32N2O5. The molecule has 0 spiro atoms. The molecule has 1 aliphatic rings. The Balaban J connectivity index is 1.74. The number of hydrogen-bond acceptors (Lipinski definition) is 5. The zero-order chi connectivity index (χ0) is 20.0. The molecule has 0 radical (unpaired) electrons. The Hall–Kier alpha value is -2.12. The number of alkyl carbamates (subject to hydrolysis) is 1. The minimum atomic E-state index is -0.475. The minimum Gasteiger partial charge on any atom is -0.445 e. The summed E-state index contributed by atoms with van der Waals surface area (Å²) < 4.78 is 5.29. The summed E-state index contributed by atoms with van der Waals surface area (Å²) in [7, 11) is 0. The van der Waals surface area contributed by atoms with Gasteiger partial charge in [-0.2, -0.15) is 0 Å². The summed E-state index contributed by atoms with van der Waals surface area (Å²) in [4.78, 5) is 33.9. The third kappa shape index (κ3) is 9.19. The van der Waals surface area contributed by atoms with Crippen LogP contribution in [-0.2, 0) is 25.9 Å².